The fourth-order valence-corrected chi connectivity index (χ4v) is 2.15. The Kier molecular flexibility index (Phi) is 4.70. The van der Waals surface area contributed by atoms with Crippen LogP contribution in [-0.4, -0.2) is 31.7 Å². The summed E-state index contributed by atoms with van der Waals surface area (Å²) in [4.78, 5) is 12.1. The van der Waals surface area contributed by atoms with Crippen molar-refractivity contribution in [1.82, 2.24) is 0 Å². The lowest BCUT2D eigenvalue weighted by Crippen LogP contribution is -2.57. The highest BCUT2D eigenvalue weighted by Crippen LogP contribution is 2.40. The highest BCUT2D eigenvalue weighted by Gasteiger charge is 2.54. The van der Waals surface area contributed by atoms with Gasteiger partial charge in [-0.05, 0) is 35.0 Å². The number of rotatable bonds is 4. The molecule has 0 aliphatic rings. The van der Waals surface area contributed by atoms with Crippen LogP contribution in [0.3, 0.4) is 0 Å². The highest BCUT2D eigenvalue weighted by molar-refractivity contribution is 9.10. The summed E-state index contributed by atoms with van der Waals surface area (Å²) in [6.07, 6.45) is -4.87. The molecule has 4 nitrogen and oxygen atoms in total. The van der Waals surface area contributed by atoms with Crippen molar-refractivity contribution in [3.63, 3.8) is 0 Å². The van der Waals surface area contributed by atoms with Crippen molar-refractivity contribution in [1.29, 1.82) is 0 Å². The van der Waals surface area contributed by atoms with Gasteiger partial charge in [-0.2, -0.15) is 13.2 Å². The van der Waals surface area contributed by atoms with E-state index in [0.717, 1.165) is 0 Å². The molecule has 0 spiro atoms. The standard InChI is InChI=1S/C12H13BrF3NO3/c1-11(17,12(14,15)16)10(18)6-4-5-7(19-2)8(13)9(6)20-3/h4-5H,17H2,1-3H3. The molecule has 0 saturated carbocycles. The van der Waals surface area contributed by atoms with E-state index < -0.39 is 17.5 Å². The number of benzene rings is 1. The average Bonchev–Trinajstić information content (AvgIpc) is 2.36. The molecule has 0 heterocycles. The molecule has 0 fully saturated rings. The first-order valence-corrected chi connectivity index (χ1v) is 6.18. The van der Waals surface area contributed by atoms with Gasteiger partial charge in [0.25, 0.3) is 0 Å². The van der Waals surface area contributed by atoms with Crippen LogP contribution in [-0.2, 0) is 0 Å². The molecule has 1 unspecified atom stereocenters. The summed E-state index contributed by atoms with van der Waals surface area (Å²) in [6.45, 7) is 0.618. The lowest BCUT2D eigenvalue weighted by molar-refractivity contribution is -0.165. The molecule has 20 heavy (non-hydrogen) atoms. The van der Waals surface area contributed by atoms with Gasteiger partial charge in [0.15, 0.2) is 11.3 Å². The highest BCUT2D eigenvalue weighted by atomic mass is 79.9. The SMILES string of the molecule is COc1ccc(C(=O)C(C)(N)C(F)(F)F)c(OC)c1Br. The summed E-state index contributed by atoms with van der Waals surface area (Å²) in [5.41, 5.74) is 1.86. The van der Waals surface area contributed by atoms with Crippen molar-refractivity contribution in [2.75, 3.05) is 14.2 Å². The Morgan fingerprint density at radius 3 is 2.20 bits per heavy atom. The van der Waals surface area contributed by atoms with E-state index in [9.17, 15) is 18.0 Å². The topological polar surface area (TPSA) is 61.5 Å². The quantitative estimate of drug-likeness (QED) is 0.843. The van der Waals surface area contributed by atoms with Gasteiger partial charge in [-0.15, -0.1) is 0 Å². The number of hydrogen-bond acceptors (Lipinski definition) is 4. The second kappa shape index (κ2) is 5.61. The second-order valence-electron chi connectivity index (χ2n) is 4.19. The molecule has 112 valence electrons. The second-order valence-corrected chi connectivity index (χ2v) is 4.98. The van der Waals surface area contributed by atoms with Gasteiger partial charge in [0.05, 0.1) is 19.8 Å². The molecule has 0 bridgehead atoms. The van der Waals surface area contributed by atoms with Gasteiger partial charge in [-0.25, -0.2) is 0 Å². The number of ketones is 1. The van der Waals surface area contributed by atoms with Crippen LogP contribution in [0.4, 0.5) is 13.2 Å². The normalized spacial score (nSPS) is 14.6. The van der Waals surface area contributed by atoms with E-state index in [2.05, 4.69) is 15.9 Å². The minimum Gasteiger partial charge on any atom is -0.495 e. The molecule has 1 aromatic carbocycles. The molecule has 2 N–H and O–H groups in total. The van der Waals surface area contributed by atoms with E-state index in [1.165, 1.54) is 26.4 Å². The maximum Gasteiger partial charge on any atom is 0.413 e. The summed E-state index contributed by atoms with van der Waals surface area (Å²) >= 11 is 3.11. The number of hydrogen-bond donors (Lipinski definition) is 1. The van der Waals surface area contributed by atoms with Crippen LogP contribution in [0.1, 0.15) is 17.3 Å². The van der Waals surface area contributed by atoms with Gasteiger partial charge >= 0.3 is 6.18 Å². The molecular weight excluding hydrogens is 343 g/mol. The van der Waals surface area contributed by atoms with Crippen molar-refractivity contribution in [3.05, 3.63) is 22.2 Å². The predicted octanol–water partition coefficient (Wildman–Crippen LogP) is 2.93. The Bertz CT molecular complexity index is 529. The van der Waals surface area contributed by atoms with Crippen molar-refractivity contribution in [2.24, 2.45) is 5.73 Å². The number of halogens is 4. The van der Waals surface area contributed by atoms with E-state index in [1.807, 2.05) is 0 Å². The van der Waals surface area contributed by atoms with Crippen LogP contribution >= 0.6 is 15.9 Å². The first-order chi connectivity index (χ1) is 9.07. The summed E-state index contributed by atoms with van der Waals surface area (Å²) in [5, 5.41) is 0. The first kappa shape index (κ1) is 16.8. The molecule has 1 aromatic rings. The number of carbonyl (C=O) groups excluding carboxylic acids is 1. The zero-order chi connectivity index (χ0) is 15.7. The Morgan fingerprint density at radius 2 is 1.80 bits per heavy atom. The third kappa shape index (κ3) is 2.76. The van der Waals surface area contributed by atoms with Gasteiger partial charge in [0.1, 0.15) is 16.0 Å². The molecule has 0 amide bonds. The van der Waals surface area contributed by atoms with Crippen LogP contribution in [0.2, 0.25) is 0 Å². The Balaban J connectivity index is 3.41. The van der Waals surface area contributed by atoms with Gasteiger partial charge in [-0.1, -0.05) is 0 Å². The Labute approximate surface area is 122 Å². The minimum absolute atomic E-state index is 0.0599. The lowest BCUT2D eigenvalue weighted by atomic mass is 9.91. The van der Waals surface area contributed by atoms with Crippen LogP contribution in [0, 0.1) is 0 Å². The fourth-order valence-electron chi connectivity index (χ4n) is 1.48. The molecule has 0 radical (unpaired) electrons. The summed E-state index contributed by atoms with van der Waals surface area (Å²) in [5.74, 6) is -1.02. The fraction of sp³-hybridized carbons (Fsp3) is 0.417. The average molecular weight is 356 g/mol. The van der Waals surface area contributed by atoms with E-state index in [0.29, 0.717) is 12.7 Å². The molecule has 0 saturated heterocycles. The van der Waals surface area contributed by atoms with Crippen LogP contribution < -0.4 is 15.2 Å². The first-order valence-electron chi connectivity index (χ1n) is 5.38. The van der Waals surface area contributed by atoms with Crippen LogP contribution in [0.5, 0.6) is 11.5 Å². The molecule has 1 atom stereocenters. The zero-order valence-electron chi connectivity index (χ0n) is 11.0. The smallest absolute Gasteiger partial charge is 0.413 e. The van der Waals surface area contributed by atoms with Gasteiger partial charge < -0.3 is 15.2 Å². The van der Waals surface area contributed by atoms with Crippen molar-refractivity contribution < 1.29 is 27.4 Å². The largest absolute Gasteiger partial charge is 0.495 e. The molecule has 1 rings (SSSR count). The van der Waals surface area contributed by atoms with E-state index >= 15 is 0 Å². The van der Waals surface area contributed by atoms with Gasteiger partial charge in [-0.3, -0.25) is 4.79 Å². The molecule has 0 aromatic heterocycles. The molecule has 0 aliphatic carbocycles. The molecule has 8 heteroatoms. The maximum absolute atomic E-state index is 12.8. The van der Waals surface area contributed by atoms with E-state index in [4.69, 9.17) is 15.2 Å². The van der Waals surface area contributed by atoms with E-state index in [1.54, 1.807) is 0 Å². The zero-order valence-corrected chi connectivity index (χ0v) is 12.6. The van der Waals surface area contributed by atoms with Gasteiger partial charge in [0, 0.05) is 0 Å². The van der Waals surface area contributed by atoms with Crippen molar-refractivity contribution >= 4 is 21.7 Å². The van der Waals surface area contributed by atoms with Crippen LogP contribution in [0.25, 0.3) is 0 Å². The minimum atomic E-state index is -4.87. The number of Topliss-reactive ketones (excluding diaryl/α,β-unsaturated/α-hetero) is 1. The monoisotopic (exact) mass is 355 g/mol. The number of methoxy groups -OCH3 is 2. The maximum atomic E-state index is 12.8. The van der Waals surface area contributed by atoms with Gasteiger partial charge in [0.2, 0.25) is 0 Å². The lowest BCUT2D eigenvalue weighted by Gasteiger charge is -2.27. The number of nitrogens with two attached hydrogens (primary N) is 1. The van der Waals surface area contributed by atoms with Crippen LogP contribution in [0.15, 0.2) is 16.6 Å². The van der Waals surface area contributed by atoms with E-state index in [-0.39, 0.29) is 15.8 Å². The third-order valence-corrected chi connectivity index (χ3v) is 3.54. The number of carbonyl (C=O) groups is 1. The summed E-state index contributed by atoms with van der Waals surface area (Å²) in [7, 11) is 2.61. The molecular formula is C12H13BrF3NO3. The summed E-state index contributed by atoms with van der Waals surface area (Å²) < 4.78 is 48.7. The molecule has 0 aliphatic heterocycles. The van der Waals surface area contributed by atoms with Crippen molar-refractivity contribution in [2.45, 2.75) is 18.6 Å². The Hall–Kier alpha value is -1.28. The number of alkyl halides is 3. The number of ether oxygens (including phenoxy) is 2. The third-order valence-electron chi connectivity index (χ3n) is 2.79. The Morgan fingerprint density at radius 1 is 1.25 bits per heavy atom. The van der Waals surface area contributed by atoms with Crippen molar-refractivity contribution in [3.8, 4) is 11.5 Å². The predicted molar refractivity (Wildman–Crippen MR) is 70.2 cm³/mol. The summed E-state index contributed by atoms with van der Waals surface area (Å²) in [6, 6.07) is 2.54.